The molecule has 1 nitrogen and oxygen atoms in total. The lowest BCUT2D eigenvalue weighted by Gasteiger charge is -1.99. The van der Waals surface area contributed by atoms with E-state index < -0.39 is 0 Å². The number of halogens is 2. The monoisotopic (exact) mass is 226 g/mol. The van der Waals surface area contributed by atoms with Crippen LogP contribution in [0.5, 0.6) is 0 Å². The van der Waals surface area contributed by atoms with E-state index in [1.165, 1.54) is 12.2 Å². The Kier molecular flexibility index (Phi) is 3.93. The molecule has 0 heterocycles. The van der Waals surface area contributed by atoms with Crippen molar-refractivity contribution < 1.29 is 4.79 Å². The van der Waals surface area contributed by atoms with Crippen LogP contribution in [-0.2, 0) is 4.79 Å². The molecular weight excluding hydrogens is 219 g/mol. The molecule has 0 atom stereocenters. The van der Waals surface area contributed by atoms with E-state index in [1.54, 1.807) is 24.3 Å². The van der Waals surface area contributed by atoms with E-state index in [4.69, 9.17) is 23.2 Å². The molecular formula is C11H8Cl2O. The van der Waals surface area contributed by atoms with Crippen molar-refractivity contribution in [1.29, 1.82) is 0 Å². The van der Waals surface area contributed by atoms with Crippen LogP contribution in [0.15, 0.2) is 36.9 Å². The van der Waals surface area contributed by atoms with Crippen molar-refractivity contribution in [3.05, 3.63) is 52.5 Å². The Labute approximate surface area is 92.6 Å². The molecule has 3 heteroatoms. The van der Waals surface area contributed by atoms with E-state index in [0.29, 0.717) is 15.6 Å². The summed E-state index contributed by atoms with van der Waals surface area (Å²) in [5.41, 5.74) is 0.644. The molecule has 0 saturated heterocycles. The number of benzene rings is 1. The van der Waals surface area contributed by atoms with Crippen molar-refractivity contribution in [2.75, 3.05) is 0 Å². The van der Waals surface area contributed by atoms with E-state index in [2.05, 4.69) is 6.58 Å². The third-order valence-corrected chi connectivity index (χ3v) is 2.27. The number of allylic oxidation sites excluding steroid dienone is 2. The first-order chi connectivity index (χ1) is 6.65. The number of hydrogen-bond acceptors (Lipinski definition) is 1. The topological polar surface area (TPSA) is 17.1 Å². The van der Waals surface area contributed by atoms with E-state index in [0.717, 1.165) is 0 Å². The van der Waals surface area contributed by atoms with Crippen LogP contribution in [-0.4, -0.2) is 5.78 Å². The van der Waals surface area contributed by atoms with Crippen LogP contribution in [0.2, 0.25) is 10.0 Å². The van der Waals surface area contributed by atoms with E-state index >= 15 is 0 Å². The minimum Gasteiger partial charge on any atom is -0.290 e. The van der Waals surface area contributed by atoms with Crippen LogP contribution in [0.25, 0.3) is 6.08 Å². The summed E-state index contributed by atoms with van der Waals surface area (Å²) in [6, 6.07) is 5.17. The first-order valence-electron chi connectivity index (χ1n) is 3.93. The molecule has 0 N–H and O–H groups in total. The molecule has 1 rings (SSSR count). The van der Waals surface area contributed by atoms with Gasteiger partial charge in [0, 0.05) is 15.6 Å². The molecule has 0 aliphatic carbocycles. The fraction of sp³-hybridized carbons (Fsp3) is 0. The Morgan fingerprint density at radius 2 is 1.86 bits per heavy atom. The lowest BCUT2D eigenvalue weighted by molar-refractivity contribution is -0.110. The Balaban J connectivity index is 3.02. The van der Waals surface area contributed by atoms with Gasteiger partial charge in [0.2, 0.25) is 0 Å². The maximum atomic E-state index is 10.9. The Morgan fingerprint density at radius 1 is 1.29 bits per heavy atom. The minimum absolute atomic E-state index is 0.180. The third kappa shape index (κ3) is 2.72. The van der Waals surface area contributed by atoms with Crippen molar-refractivity contribution in [2.24, 2.45) is 0 Å². The second kappa shape index (κ2) is 4.99. The van der Waals surface area contributed by atoms with Gasteiger partial charge in [-0.25, -0.2) is 0 Å². The summed E-state index contributed by atoms with van der Waals surface area (Å²) in [7, 11) is 0. The SMILES string of the molecule is C=CC(=O)/C=C/c1c(Cl)cccc1Cl. The number of hydrogen-bond donors (Lipinski definition) is 0. The summed E-state index contributed by atoms with van der Waals surface area (Å²) in [5, 5.41) is 1.04. The van der Waals surface area contributed by atoms with Gasteiger partial charge in [-0.15, -0.1) is 0 Å². The van der Waals surface area contributed by atoms with Crippen LogP contribution in [0.4, 0.5) is 0 Å². The number of rotatable bonds is 3. The lowest BCUT2D eigenvalue weighted by atomic mass is 10.2. The Bertz CT molecular complexity index is 374. The average Bonchev–Trinajstić information content (AvgIpc) is 2.16. The molecule has 0 spiro atoms. The number of carbonyl (C=O) groups is 1. The van der Waals surface area contributed by atoms with E-state index in [-0.39, 0.29) is 5.78 Å². The summed E-state index contributed by atoms with van der Waals surface area (Å²) in [6.07, 6.45) is 4.18. The van der Waals surface area contributed by atoms with Gasteiger partial charge in [0.15, 0.2) is 5.78 Å². The summed E-state index contributed by atoms with van der Waals surface area (Å²) in [6.45, 7) is 3.35. The zero-order valence-electron chi connectivity index (χ0n) is 7.34. The molecule has 0 aromatic heterocycles. The molecule has 0 aliphatic rings. The lowest BCUT2D eigenvalue weighted by Crippen LogP contribution is -1.84. The molecule has 0 radical (unpaired) electrons. The molecule has 0 unspecified atom stereocenters. The van der Waals surface area contributed by atoms with Crippen LogP contribution in [0.3, 0.4) is 0 Å². The first-order valence-corrected chi connectivity index (χ1v) is 4.69. The number of carbonyl (C=O) groups excluding carboxylic acids is 1. The zero-order valence-corrected chi connectivity index (χ0v) is 8.85. The highest BCUT2D eigenvalue weighted by molar-refractivity contribution is 6.37. The molecule has 14 heavy (non-hydrogen) atoms. The van der Waals surface area contributed by atoms with Gasteiger partial charge in [0.25, 0.3) is 0 Å². The maximum Gasteiger partial charge on any atom is 0.178 e. The standard InChI is InChI=1S/C11H8Cl2O/c1-2-8(14)6-7-9-10(12)4-3-5-11(9)13/h2-7H,1H2/b7-6+. The zero-order chi connectivity index (χ0) is 10.6. The van der Waals surface area contributed by atoms with Crippen LogP contribution in [0, 0.1) is 0 Å². The molecule has 0 aliphatic heterocycles. The quantitative estimate of drug-likeness (QED) is 0.718. The van der Waals surface area contributed by atoms with Crippen LogP contribution >= 0.6 is 23.2 Å². The highest BCUT2D eigenvalue weighted by Gasteiger charge is 2.01. The third-order valence-electron chi connectivity index (χ3n) is 1.62. The van der Waals surface area contributed by atoms with Crippen LogP contribution in [0.1, 0.15) is 5.56 Å². The fourth-order valence-electron chi connectivity index (χ4n) is 0.903. The van der Waals surface area contributed by atoms with Gasteiger partial charge < -0.3 is 0 Å². The van der Waals surface area contributed by atoms with Gasteiger partial charge in [-0.2, -0.15) is 0 Å². The summed E-state index contributed by atoms with van der Waals surface area (Å²) < 4.78 is 0. The molecule has 1 aromatic carbocycles. The van der Waals surface area contributed by atoms with Crippen molar-refractivity contribution in [1.82, 2.24) is 0 Å². The van der Waals surface area contributed by atoms with Crippen molar-refractivity contribution >= 4 is 35.1 Å². The van der Waals surface area contributed by atoms with Gasteiger partial charge in [0.05, 0.1) is 0 Å². The number of ketones is 1. The normalized spacial score (nSPS) is 10.4. The summed E-state index contributed by atoms with van der Waals surface area (Å²) >= 11 is 11.8. The molecule has 0 fully saturated rings. The van der Waals surface area contributed by atoms with Gasteiger partial charge in [-0.3, -0.25) is 4.79 Å². The predicted octanol–water partition coefficient (Wildman–Crippen LogP) is 3.76. The van der Waals surface area contributed by atoms with E-state index in [9.17, 15) is 4.79 Å². The molecule has 0 amide bonds. The summed E-state index contributed by atoms with van der Waals surface area (Å²) in [4.78, 5) is 10.9. The van der Waals surface area contributed by atoms with Crippen molar-refractivity contribution in [3.63, 3.8) is 0 Å². The Hall–Kier alpha value is -1.05. The largest absolute Gasteiger partial charge is 0.290 e. The molecule has 0 saturated carbocycles. The van der Waals surface area contributed by atoms with Gasteiger partial charge in [-0.1, -0.05) is 35.8 Å². The van der Waals surface area contributed by atoms with Gasteiger partial charge in [-0.05, 0) is 30.4 Å². The molecule has 72 valence electrons. The highest BCUT2D eigenvalue weighted by atomic mass is 35.5. The molecule has 1 aromatic rings. The van der Waals surface area contributed by atoms with Crippen LogP contribution < -0.4 is 0 Å². The van der Waals surface area contributed by atoms with Crippen molar-refractivity contribution in [2.45, 2.75) is 0 Å². The second-order valence-electron chi connectivity index (χ2n) is 2.58. The van der Waals surface area contributed by atoms with E-state index in [1.807, 2.05) is 0 Å². The molecule has 0 bridgehead atoms. The van der Waals surface area contributed by atoms with Gasteiger partial charge >= 0.3 is 0 Å². The summed E-state index contributed by atoms with van der Waals surface area (Å²) in [5.74, 6) is -0.180. The minimum atomic E-state index is -0.180. The second-order valence-corrected chi connectivity index (χ2v) is 3.39. The first kappa shape index (κ1) is 11.0. The highest BCUT2D eigenvalue weighted by Crippen LogP contribution is 2.25. The smallest absolute Gasteiger partial charge is 0.178 e. The fourth-order valence-corrected chi connectivity index (χ4v) is 1.43. The predicted molar refractivity (Wildman–Crippen MR) is 60.7 cm³/mol. The van der Waals surface area contributed by atoms with Crippen molar-refractivity contribution in [3.8, 4) is 0 Å². The van der Waals surface area contributed by atoms with Gasteiger partial charge in [0.1, 0.15) is 0 Å². The average molecular weight is 227 g/mol. The maximum absolute atomic E-state index is 10.9. The Morgan fingerprint density at radius 3 is 2.36 bits per heavy atom.